The highest BCUT2D eigenvalue weighted by molar-refractivity contribution is 5.95. The van der Waals surface area contributed by atoms with Crippen LogP contribution in [0.15, 0.2) is 41.5 Å². The second-order valence-corrected chi connectivity index (χ2v) is 8.06. The van der Waals surface area contributed by atoms with Gasteiger partial charge < -0.3 is 14.4 Å². The highest BCUT2D eigenvalue weighted by atomic mass is 16.5. The predicted molar refractivity (Wildman–Crippen MR) is 117 cm³/mol. The molecule has 0 aliphatic carbocycles. The van der Waals surface area contributed by atoms with Gasteiger partial charge in [-0.05, 0) is 56.0 Å². The van der Waals surface area contributed by atoms with Crippen molar-refractivity contribution in [3.05, 3.63) is 53.1 Å². The molecular weight excluding hydrogens is 366 g/mol. The third-order valence-electron chi connectivity index (χ3n) is 5.69. The van der Waals surface area contributed by atoms with E-state index in [1.807, 2.05) is 0 Å². The van der Waals surface area contributed by atoms with Crippen LogP contribution in [0.25, 0.3) is 0 Å². The van der Waals surface area contributed by atoms with E-state index in [0.717, 1.165) is 17.7 Å². The van der Waals surface area contributed by atoms with Crippen LogP contribution < -0.4 is 19.8 Å². The van der Waals surface area contributed by atoms with Crippen LogP contribution in [0.1, 0.15) is 54.6 Å². The summed E-state index contributed by atoms with van der Waals surface area (Å²) in [6, 6.07) is 11.1. The van der Waals surface area contributed by atoms with Crippen molar-refractivity contribution in [1.82, 2.24) is 5.43 Å². The average molecular weight is 396 g/mol. The van der Waals surface area contributed by atoms with Crippen molar-refractivity contribution in [2.75, 3.05) is 26.2 Å². The lowest BCUT2D eigenvalue weighted by Gasteiger charge is -2.45. The maximum absolute atomic E-state index is 12.3. The number of carbonyl (C=O) groups excluding carboxylic acids is 1. The average Bonchev–Trinajstić information content (AvgIpc) is 2.71. The zero-order valence-corrected chi connectivity index (χ0v) is 17.9. The molecular formula is C23H29N3O3. The molecule has 1 N–H and O–H groups in total. The summed E-state index contributed by atoms with van der Waals surface area (Å²) in [6.07, 6.45) is 2.69. The van der Waals surface area contributed by atoms with Gasteiger partial charge in [-0.1, -0.05) is 13.0 Å². The van der Waals surface area contributed by atoms with Gasteiger partial charge in [-0.25, -0.2) is 5.43 Å². The number of methoxy groups -OCH3 is 2. The summed E-state index contributed by atoms with van der Waals surface area (Å²) in [5.41, 5.74) is 6.39. The second-order valence-electron chi connectivity index (χ2n) is 8.06. The molecule has 6 heteroatoms. The first kappa shape index (κ1) is 20.7. The van der Waals surface area contributed by atoms with Crippen LogP contribution in [0, 0.1) is 0 Å². The van der Waals surface area contributed by atoms with Gasteiger partial charge in [0.25, 0.3) is 5.91 Å². The molecule has 1 amide bonds. The SMILES string of the molecule is COc1cccc(C(=O)N/N=C\c2cc3c(cc2OC)N(C)C(C)(C)CC3C)c1. The highest BCUT2D eigenvalue weighted by Crippen LogP contribution is 2.44. The monoisotopic (exact) mass is 395 g/mol. The molecule has 1 atom stereocenters. The maximum Gasteiger partial charge on any atom is 0.271 e. The van der Waals surface area contributed by atoms with E-state index in [2.05, 4.69) is 55.4 Å². The topological polar surface area (TPSA) is 63.2 Å². The number of hydrogen-bond acceptors (Lipinski definition) is 5. The van der Waals surface area contributed by atoms with Crippen molar-refractivity contribution in [2.45, 2.75) is 38.6 Å². The number of rotatable bonds is 5. The van der Waals surface area contributed by atoms with E-state index in [9.17, 15) is 4.79 Å². The van der Waals surface area contributed by atoms with Crippen LogP contribution in [0.5, 0.6) is 11.5 Å². The van der Waals surface area contributed by atoms with Gasteiger partial charge in [0.1, 0.15) is 11.5 Å². The van der Waals surface area contributed by atoms with Gasteiger partial charge in [-0.2, -0.15) is 5.10 Å². The fourth-order valence-corrected chi connectivity index (χ4v) is 3.88. The van der Waals surface area contributed by atoms with E-state index in [4.69, 9.17) is 9.47 Å². The predicted octanol–water partition coefficient (Wildman–Crippen LogP) is 4.19. The number of amides is 1. The van der Waals surface area contributed by atoms with Crippen molar-refractivity contribution in [3.63, 3.8) is 0 Å². The Bertz CT molecular complexity index is 937. The summed E-state index contributed by atoms with van der Waals surface area (Å²) in [5.74, 6) is 1.46. The lowest BCUT2D eigenvalue weighted by Crippen LogP contribution is -2.45. The number of hydrogen-bond donors (Lipinski definition) is 1. The van der Waals surface area contributed by atoms with Crippen LogP contribution in [-0.4, -0.2) is 38.9 Å². The number of nitrogens with zero attached hydrogens (tertiary/aromatic N) is 2. The van der Waals surface area contributed by atoms with Crippen LogP contribution in [0.4, 0.5) is 5.69 Å². The molecule has 6 nitrogen and oxygen atoms in total. The lowest BCUT2D eigenvalue weighted by molar-refractivity contribution is 0.0954. The van der Waals surface area contributed by atoms with Crippen molar-refractivity contribution < 1.29 is 14.3 Å². The number of nitrogens with one attached hydrogen (secondary N) is 1. The molecule has 0 spiro atoms. The smallest absolute Gasteiger partial charge is 0.271 e. The first-order valence-electron chi connectivity index (χ1n) is 9.70. The summed E-state index contributed by atoms with van der Waals surface area (Å²) in [5, 5.41) is 4.14. The van der Waals surface area contributed by atoms with Crippen molar-refractivity contribution >= 4 is 17.8 Å². The highest BCUT2D eigenvalue weighted by Gasteiger charge is 2.34. The molecule has 29 heavy (non-hydrogen) atoms. The number of benzene rings is 2. The largest absolute Gasteiger partial charge is 0.497 e. The van der Waals surface area contributed by atoms with Crippen molar-refractivity contribution in [2.24, 2.45) is 5.10 Å². The van der Waals surface area contributed by atoms with Gasteiger partial charge in [-0.3, -0.25) is 4.79 Å². The number of ether oxygens (including phenoxy) is 2. The number of fused-ring (bicyclic) bond motifs is 1. The van der Waals surface area contributed by atoms with Gasteiger partial charge in [0.15, 0.2) is 0 Å². The Balaban J connectivity index is 1.84. The zero-order chi connectivity index (χ0) is 21.2. The molecule has 0 saturated carbocycles. The zero-order valence-electron chi connectivity index (χ0n) is 17.9. The van der Waals surface area contributed by atoms with Gasteiger partial charge in [0.05, 0.1) is 20.4 Å². The minimum atomic E-state index is -0.299. The van der Waals surface area contributed by atoms with Gasteiger partial charge in [-0.15, -0.1) is 0 Å². The summed E-state index contributed by atoms with van der Waals surface area (Å²) in [7, 11) is 5.33. The Hall–Kier alpha value is -3.02. The molecule has 0 bridgehead atoms. The Labute approximate surface area is 172 Å². The number of anilines is 1. The molecule has 1 aliphatic heterocycles. The van der Waals surface area contributed by atoms with Gasteiger partial charge in [0, 0.05) is 35.5 Å². The fraction of sp³-hybridized carbons (Fsp3) is 0.391. The van der Waals surface area contributed by atoms with E-state index in [1.54, 1.807) is 44.7 Å². The number of hydrazone groups is 1. The minimum Gasteiger partial charge on any atom is -0.497 e. The van der Waals surface area contributed by atoms with E-state index in [-0.39, 0.29) is 11.4 Å². The maximum atomic E-state index is 12.3. The summed E-state index contributed by atoms with van der Waals surface area (Å²) in [4.78, 5) is 14.6. The molecule has 1 heterocycles. The van der Waals surface area contributed by atoms with Crippen LogP contribution in [0.3, 0.4) is 0 Å². The standard InChI is InChI=1S/C23H29N3O3/c1-15-13-23(2,3)26(4)20-12-21(29-6)17(11-19(15)20)14-24-25-22(27)16-8-7-9-18(10-16)28-5/h7-12,14-15H,13H2,1-6H3,(H,25,27)/b24-14-. The molecule has 2 aromatic carbocycles. The molecule has 0 radical (unpaired) electrons. The van der Waals surface area contributed by atoms with E-state index in [0.29, 0.717) is 17.2 Å². The second kappa shape index (κ2) is 8.15. The van der Waals surface area contributed by atoms with E-state index in [1.165, 1.54) is 11.3 Å². The molecule has 154 valence electrons. The molecule has 0 saturated heterocycles. The van der Waals surface area contributed by atoms with Crippen LogP contribution >= 0.6 is 0 Å². The first-order chi connectivity index (χ1) is 13.8. The Morgan fingerprint density at radius 3 is 2.69 bits per heavy atom. The van der Waals surface area contributed by atoms with Crippen molar-refractivity contribution in [3.8, 4) is 11.5 Å². The first-order valence-corrected chi connectivity index (χ1v) is 9.70. The lowest BCUT2D eigenvalue weighted by atomic mass is 9.80. The third-order valence-corrected chi connectivity index (χ3v) is 5.69. The molecule has 0 aromatic heterocycles. The van der Waals surface area contributed by atoms with Crippen LogP contribution in [0.2, 0.25) is 0 Å². The van der Waals surface area contributed by atoms with Gasteiger partial charge >= 0.3 is 0 Å². The molecule has 1 aliphatic rings. The molecule has 2 aromatic rings. The van der Waals surface area contributed by atoms with Crippen LogP contribution in [-0.2, 0) is 0 Å². The fourth-order valence-electron chi connectivity index (χ4n) is 3.88. The minimum absolute atomic E-state index is 0.0811. The Morgan fingerprint density at radius 1 is 1.24 bits per heavy atom. The molecule has 1 unspecified atom stereocenters. The Kier molecular flexibility index (Phi) is 5.82. The van der Waals surface area contributed by atoms with Crippen molar-refractivity contribution in [1.29, 1.82) is 0 Å². The molecule has 3 rings (SSSR count). The Morgan fingerprint density at radius 2 is 2.00 bits per heavy atom. The van der Waals surface area contributed by atoms with E-state index < -0.39 is 0 Å². The van der Waals surface area contributed by atoms with Gasteiger partial charge in [0.2, 0.25) is 0 Å². The normalized spacial score (nSPS) is 17.7. The molecule has 0 fully saturated rings. The van der Waals surface area contributed by atoms with E-state index >= 15 is 0 Å². The summed E-state index contributed by atoms with van der Waals surface area (Å²) >= 11 is 0. The number of carbonyl (C=O) groups is 1. The summed E-state index contributed by atoms with van der Waals surface area (Å²) in [6.45, 7) is 6.75. The third kappa shape index (κ3) is 4.21. The summed E-state index contributed by atoms with van der Waals surface area (Å²) < 4.78 is 10.7. The quantitative estimate of drug-likeness (QED) is 0.609.